The van der Waals surface area contributed by atoms with Gasteiger partial charge in [0.1, 0.15) is 19.0 Å². The second-order valence-electron chi connectivity index (χ2n) is 8.87. The molecule has 0 radical (unpaired) electrons. The molecule has 5 aliphatic rings. The third-order valence-electron chi connectivity index (χ3n) is 6.40. The summed E-state index contributed by atoms with van der Waals surface area (Å²) in [4.78, 5) is 24.2. The molecule has 4 bridgehead atoms. The van der Waals surface area contributed by atoms with E-state index in [0.29, 0.717) is 12.2 Å². The highest BCUT2D eigenvalue weighted by Gasteiger charge is 2.49. The molecule has 0 aromatic carbocycles. The molecule has 4 aliphatic carbocycles. The van der Waals surface area contributed by atoms with Crippen LogP contribution >= 0.6 is 0 Å². The van der Waals surface area contributed by atoms with Crippen LogP contribution in [0.5, 0.6) is 0 Å². The Labute approximate surface area is 154 Å². The molecule has 1 saturated heterocycles. The minimum Gasteiger partial charge on any atom is -0.459 e. The van der Waals surface area contributed by atoms with E-state index in [2.05, 4.69) is 6.08 Å². The van der Waals surface area contributed by atoms with E-state index in [1.165, 1.54) is 44.8 Å². The van der Waals surface area contributed by atoms with E-state index in [4.69, 9.17) is 14.2 Å². The summed E-state index contributed by atoms with van der Waals surface area (Å²) in [5, 5.41) is 0. The van der Waals surface area contributed by atoms with Crippen molar-refractivity contribution in [3.63, 3.8) is 0 Å². The zero-order valence-electron chi connectivity index (χ0n) is 15.7. The second kappa shape index (κ2) is 6.84. The van der Waals surface area contributed by atoms with Crippen LogP contribution < -0.4 is 0 Å². The van der Waals surface area contributed by atoms with Crippen LogP contribution in [0.4, 0.5) is 0 Å². The maximum absolute atomic E-state index is 12.4. The SMILES string of the molecule is C/C(=C\C12CC3CC(CC(C3)C1)C2)C(=O)O/C=C(\C)C(=O)OCC1CO1. The zero-order valence-corrected chi connectivity index (χ0v) is 15.7. The van der Waals surface area contributed by atoms with Crippen molar-refractivity contribution in [3.8, 4) is 0 Å². The molecule has 26 heavy (non-hydrogen) atoms. The predicted molar refractivity (Wildman–Crippen MR) is 94.9 cm³/mol. The fourth-order valence-electron chi connectivity index (χ4n) is 5.60. The fourth-order valence-corrected chi connectivity index (χ4v) is 5.60. The van der Waals surface area contributed by atoms with E-state index in [1.54, 1.807) is 6.92 Å². The molecule has 0 aromatic heterocycles. The maximum atomic E-state index is 12.4. The molecule has 0 spiro atoms. The number of carbonyl (C=O) groups excluding carboxylic acids is 2. The van der Waals surface area contributed by atoms with Gasteiger partial charge in [-0.25, -0.2) is 9.59 Å². The van der Waals surface area contributed by atoms with Crippen LogP contribution in [0.1, 0.15) is 52.4 Å². The van der Waals surface area contributed by atoms with E-state index in [1.807, 2.05) is 6.92 Å². The van der Waals surface area contributed by atoms with Crippen LogP contribution in [0.3, 0.4) is 0 Å². The van der Waals surface area contributed by atoms with Gasteiger partial charge in [-0.1, -0.05) is 6.08 Å². The predicted octanol–water partition coefficient (Wildman–Crippen LogP) is 3.54. The number of hydrogen-bond acceptors (Lipinski definition) is 5. The van der Waals surface area contributed by atoms with Crippen molar-refractivity contribution < 1.29 is 23.8 Å². The van der Waals surface area contributed by atoms with Gasteiger partial charge in [0.05, 0.1) is 12.2 Å². The number of hydrogen-bond donors (Lipinski definition) is 0. The molecule has 5 fully saturated rings. The van der Waals surface area contributed by atoms with Gasteiger partial charge < -0.3 is 14.2 Å². The molecular formula is C21H28O5. The lowest BCUT2D eigenvalue weighted by Crippen LogP contribution is -2.45. The standard InChI is InChI=1S/C21H28O5/c1-13(6-21-7-15-3-16(8-21)5-17(4-15)9-21)19(22)25-10-14(2)20(23)26-12-18-11-24-18/h6,10,15-18H,3-5,7-9,11-12H2,1-2H3/b13-6+,14-10+. The number of carbonyl (C=O) groups is 2. The largest absolute Gasteiger partial charge is 0.459 e. The summed E-state index contributed by atoms with van der Waals surface area (Å²) in [5.41, 5.74) is 1.12. The van der Waals surface area contributed by atoms with Crippen molar-refractivity contribution >= 4 is 11.9 Å². The van der Waals surface area contributed by atoms with Crippen LogP contribution in [0.2, 0.25) is 0 Å². The average molecular weight is 360 g/mol. The van der Waals surface area contributed by atoms with Gasteiger partial charge in [0.2, 0.25) is 0 Å². The highest BCUT2D eigenvalue weighted by molar-refractivity contribution is 5.90. The molecule has 5 rings (SSSR count). The molecule has 142 valence electrons. The summed E-state index contributed by atoms with van der Waals surface area (Å²) < 4.78 is 15.3. The van der Waals surface area contributed by atoms with Crippen LogP contribution in [0.15, 0.2) is 23.5 Å². The molecule has 0 aromatic rings. The van der Waals surface area contributed by atoms with Crippen molar-refractivity contribution in [2.24, 2.45) is 23.2 Å². The molecule has 5 heteroatoms. The minimum absolute atomic E-state index is 0.0276. The maximum Gasteiger partial charge on any atom is 0.338 e. The molecule has 5 nitrogen and oxygen atoms in total. The lowest BCUT2D eigenvalue weighted by atomic mass is 9.49. The highest BCUT2D eigenvalue weighted by Crippen LogP contribution is 2.60. The molecule has 1 unspecified atom stereocenters. The summed E-state index contributed by atoms with van der Waals surface area (Å²) in [7, 11) is 0. The van der Waals surface area contributed by atoms with Gasteiger partial charge in [-0.3, -0.25) is 0 Å². The Morgan fingerprint density at radius 3 is 2.12 bits per heavy atom. The summed E-state index contributed by atoms with van der Waals surface area (Å²) >= 11 is 0. The normalized spacial score (nSPS) is 38.2. The summed E-state index contributed by atoms with van der Waals surface area (Å²) in [6, 6.07) is 0. The quantitative estimate of drug-likeness (QED) is 0.314. The van der Waals surface area contributed by atoms with Crippen LogP contribution in [0.25, 0.3) is 0 Å². The van der Waals surface area contributed by atoms with Crippen LogP contribution in [-0.2, 0) is 23.8 Å². The Bertz CT molecular complexity index is 620. The first-order valence-electron chi connectivity index (χ1n) is 9.78. The fraction of sp³-hybridized carbons (Fsp3) is 0.714. The number of ether oxygens (including phenoxy) is 3. The van der Waals surface area contributed by atoms with Crippen molar-refractivity contribution in [2.75, 3.05) is 13.2 Å². The molecule has 1 aliphatic heterocycles. The molecule has 4 saturated carbocycles. The summed E-state index contributed by atoms with van der Waals surface area (Å²) in [6.07, 6.45) is 11.2. The number of rotatable bonds is 6. The van der Waals surface area contributed by atoms with E-state index < -0.39 is 5.97 Å². The molecule has 0 amide bonds. The van der Waals surface area contributed by atoms with E-state index in [0.717, 1.165) is 17.8 Å². The van der Waals surface area contributed by atoms with Gasteiger partial charge in [-0.05, 0) is 75.5 Å². The first kappa shape index (κ1) is 17.8. The van der Waals surface area contributed by atoms with Gasteiger partial charge in [0, 0.05) is 5.57 Å². The minimum atomic E-state index is -0.476. The van der Waals surface area contributed by atoms with Crippen LogP contribution in [-0.4, -0.2) is 31.3 Å². The Balaban J connectivity index is 1.34. The van der Waals surface area contributed by atoms with E-state index in [9.17, 15) is 9.59 Å². The number of epoxide rings is 1. The van der Waals surface area contributed by atoms with E-state index in [-0.39, 0.29) is 29.7 Å². The first-order valence-corrected chi connectivity index (χ1v) is 9.78. The number of esters is 2. The number of allylic oxidation sites excluding steroid dienone is 1. The summed E-state index contributed by atoms with van der Waals surface area (Å²) in [5.74, 6) is 1.67. The lowest BCUT2D eigenvalue weighted by Gasteiger charge is -2.56. The molecular weight excluding hydrogens is 332 g/mol. The molecule has 0 N–H and O–H groups in total. The third kappa shape index (κ3) is 3.88. The molecule has 1 heterocycles. The third-order valence-corrected chi connectivity index (χ3v) is 6.40. The van der Waals surface area contributed by atoms with Gasteiger partial charge in [-0.15, -0.1) is 0 Å². The highest BCUT2D eigenvalue weighted by atomic mass is 16.6. The van der Waals surface area contributed by atoms with Crippen molar-refractivity contribution in [1.82, 2.24) is 0 Å². The zero-order chi connectivity index (χ0) is 18.3. The van der Waals surface area contributed by atoms with E-state index >= 15 is 0 Å². The van der Waals surface area contributed by atoms with Gasteiger partial charge in [0.25, 0.3) is 0 Å². The van der Waals surface area contributed by atoms with Crippen molar-refractivity contribution in [2.45, 2.75) is 58.5 Å². The van der Waals surface area contributed by atoms with Crippen LogP contribution in [0, 0.1) is 23.2 Å². The van der Waals surface area contributed by atoms with Gasteiger partial charge in [-0.2, -0.15) is 0 Å². The molecule has 1 atom stereocenters. The Hall–Kier alpha value is -1.62. The second-order valence-corrected chi connectivity index (χ2v) is 8.87. The van der Waals surface area contributed by atoms with Crippen molar-refractivity contribution in [3.05, 3.63) is 23.5 Å². The monoisotopic (exact) mass is 360 g/mol. The van der Waals surface area contributed by atoms with Gasteiger partial charge >= 0.3 is 11.9 Å². The first-order chi connectivity index (χ1) is 12.4. The van der Waals surface area contributed by atoms with Gasteiger partial charge in [0.15, 0.2) is 0 Å². The lowest BCUT2D eigenvalue weighted by molar-refractivity contribution is -0.139. The summed E-state index contributed by atoms with van der Waals surface area (Å²) in [6.45, 7) is 4.30. The Morgan fingerprint density at radius 2 is 1.58 bits per heavy atom. The van der Waals surface area contributed by atoms with Crippen molar-refractivity contribution in [1.29, 1.82) is 0 Å². The Kier molecular flexibility index (Phi) is 4.68. The topological polar surface area (TPSA) is 65.1 Å². The Morgan fingerprint density at radius 1 is 1.00 bits per heavy atom. The average Bonchev–Trinajstić information content (AvgIpc) is 3.39. The smallest absolute Gasteiger partial charge is 0.338 e.